The molecule has 0 aliphatic carbocycles. The van der Waals surface area contributed by atoms with Gasteiger partial charge in [0, 0.05) is 32.4 Å². The van der Waals surface area contributed by atoms with Crippen molar-refractivity contribution in [2.45, 2.75) is 26.7 Å². The van der Waals surface area contributed by atoms with Crippen LogP contribution in [-0.4, -0.2) is 26.0 Å². The number of rotatable bonds is 8. The predicted octanol–water partition coefficient (Wildman–Crippen LogP) is 2.45. The summed E-state index contributed by atoms with van der Waals surface area (Å²) in [5.74, 6) is -1.14. The quantitative estimate of drug-likeness (QED) is 0.727. The molecule has 0 fully saturated rings. The SMILES string of the molecule is CCOC(CNCc1cc(F)cc(F)c1)OCC. The first-order valence-electron chi connectivity index (χ1n) is 6.04. The molecule has 0 spiro atoms. The van der Waals surface area contributed by atoms with Crippen LogP contribution in [0.4, 0.5) is 8.78 Å². The lowest BCUT2D eigenvalue weighted by atomic mass is 10.2. The first kappa shape index (κ1) is 15.0. The molecule has 102 valence electrons. The van der Waals surface area contributed by atoms with E-state index in [0.29, 0.717) is 31.9 Å². The van der Waals surface area contributed by atoms with E-state index >= 15 is 0 Å². The van der Waals surface area contributed by atoms with E-state index < -0.39 is 11.6 Å². The summed E-state index contributed by atoms with van der Waals surface area (Å²) in [7, 11) is 0. The van der Waals surface area contributed by atoms with E-state index in [9.17, 15) is 8.78 Å². The molecule has 0 radical (unpaired) electrons. The monoisotopic (exact) mass is 259 g/mol. The Balaban J connectivity index is 2.39. The van der Waals surface area contributed by atoms with Crippen LogP contribution in [0, 0.1) is 11.6 Å². The van der Waals surface area contributed by atoms with Crippen LogP contribution in [0.2, 0.25) is 0 Å². The number of halogens is 2. The average Bonchev–Trinajstić information content (AvgIpc) is 2.28. The summed E-state index contributed by atoms with van der Waals surface area (Å²) in [4.78, 5) is 0. The van der Waals surface area contributed by atoms with Crippen LogP contribution in [0.3, 0.4) is 0 Å². The maximum Gasteiger partial charge on any atom is 0.169 e. The molecular weight excluding hydrogens is 240 g/mol. The van der Waals surface area contributed by atoms with Crippen molar-refractivity contribution in [3.63, 3.8) is 0 Å². The average molecular weight is 259 g/mol. The number of benzene rings is 1. The molecule has 0 unspecified atom stereocenters. The number of ether oxygens (including phenoxy) is 2. The molecule has 0 atom stereocenters. The van der Waals surface area contributed by atoms with E-state index in [1.54, 1.807) is 0 Å². The van der Waals surface area contributed by atoms with Crippen molar-refractivity contribution in [1.29, 1.82) is 0 Å². The molecule has 0 saturated carbocycles. The molecule has 1 N–H and O–H groups in total. The van der Waals surface area contributed by atoms with E-state index in [1.807, 2.05) is 13.8 Å². The van der Waals surface area contributed by atoms with Gasteiger partial charge in [0.1, 0.15) is 11.6 Å². The van der Waals surface area contributed by atoms with Gasteiger partial charge in [-0.05, 0) is 31.5 Å². The Bertz CT molecular complexity index is 335. The van der Waals surface area contributed by atoms with E-state index in [2.05, 4.69) is 5.32 Å². The van der Waals surface area contributed by atoms with Crippen molar-refractivity contribution in [2.24, 2.45) is 0 Å². The van der Waals surface area contributed by atoms with Gasteiger partial charge in [0.15, 0.2) is 6.29 Å². The summed E-state index contributed by atoms with van der Waals surface area (Å²) in [6, 6.07) is 3.45. The van der Waals surface area contributed by atoms with Crippen LogP contribution in [0.5, 0.6) is 0 Å². The maximum absolute atomic E-state index is 12.9. The molecule has 1 aromatic carbocycles. The van der Waals surface area contributed by atoms with Gasteiger partial charge in [0.25, 0.3) is 0 Å². The van der Waals surface area contributed by atoms with Crippen molar-refractivity contribution < 1.29 is 18.3 Å². The van der Waals surface area contributed by atoms with Gasteiger partial charge in [-0.2, -0.15) is 0 Å². The molecule has 0 aromatic heterocycles. The van der Waals surface area contributed by atoms with E-state index in [-0.39, 0.29) is 6.29 Å². The van der Waals surface area contributed by atoms with Crippen molar-refractivity contribution in [3.05, 3.63) is 35.4 Å². The highest BCUT2D eigenvalue weighted by Crippen LogP contribution is 2.07. The molecule has 0 saturated heterocycles. The van der Waals surface area contributed by atoms with E-state index in [1.165, 1.54) is 12.1 Å². The zero-order chi connectivity index (χ0) is 13.4. The van der Waals surface area contributed by atoms with Crippen LogP contribution in [-0.2, 0) is 16.0 Å². The van der Waals surface area contributed by atoms with Crippen molar-refractivity contribution in [2.75, 3.05) is 19.8 Å². The van der Waals surface area contributed by atoms with Gasteiger partial charge in [0.2, 0.25) is 0 Å². The van der Waals surface area contributed by atoms with Crippen LogP contribution in [0.25, 0.3) is 0 Å². The molecule has 3 nitrogen and oxygen atoms in total. The summed E-state index contributed by atoms with van der Waals surface area (Å²) in [6.45, 7) is 5.72. The first-order chi connectivity index (χ1) is 8.65. The summed E-state index contributed by atoms with van der Waals surface area (Å²) in [5, 5.41) is 3.04. The Morgan fingerprint density at radius 2 is 1.61 bits per heavy atom. The molecule has 1 aromatic rings. The fourth-order valence-corrected chi connectivity index (χ4v) is 1.59. The molecule has 1 rings (SSSR count). The van der Waals surface area contributed by atoms with Crippen molar-refractivity contribution in [1.82, 2.24) is 5.32 Å². The Kier molecular flexibility index (Phi) is 6.78. The minimum Gasteiger partial charge on any atom is -0.352 e. The normalized spacial score (nSPS) is 11.2. The number of nitrogens with one attached hydrogen (secondary N) is 1. The Labute approximate surface area is 106 Å². The highest BCUT2D eigenvalue weighted by Gasteiger charge is 2.07. The van der Waals surface area contributed by atoms with E-state index in [4.69, 9.17) is 9.47 Å². The number of hydrogen-bond acceptors (Lipinski definition) is 3. The largest absolute Gasteiger partial charge is 0.352 e. The lowest BCUT2D eigenvalue weighted by Crippen LogP contribution is -2.31. The minimum absolute atomic E-state index is 0.335. The van der Waals surface area contributed by atoms with Gasteiger partial charge in [0.05, 0.1) is 0 Å². The lowest BCUT2D eigenvalue weighted by molar-refractivity contribution is -0.133. The second-order valence-electron chi connectivity index (χ2n) is 3.75. The van der Waals surface area contributed by atoms with Crippen molar-refractivity contribution >= 4 is 0 Å². The second-order valence-corrected chi connectivity index (χ2v) is 3.75. The third-order valence-electron chi connectivity index (χ3n) is 2.27. The lowest BCUT2D eigenvalue weighted by Gasteiger charge is -2.17. The van der Waals surface area contributed by atoms with Crippen LogP contribution in [0.15, 0.2) is 18.2 Å². The molecule has 5 heteroatoms. The van der Waals surface area contributed by atoms with Crippen LogP contribution >= 0.6 is 0 Å². The third kappa shape index (κ3) is 5.53. The van der Waals surface area contributed by atoms with E-state index in [0.717, 1.165) is 6.07 Å². The standard InChI is InChI=1S/C13H19F2NO2/c1-3-17-13(18-4-2)9-16-8-10-5-11(14)7-12(15)6-10/h5-7,13,16H,3-4,8-9H2,1-2H3. The maximum atomic E-state index is 12.9. The van der Waals surface area contributed by atoms with Gasteiger partial charge in [-0.15, -0.1) is 0 Å². The van der Waals surface area contributed by atoms with Gasteiger partial charge in [-0.25, -0.2) is 8.78 Å². The second kappa shape index (κ2) is 8.13. The summed E-state index contributed by atoms with van der Waals surface area (Å²) < 4.78 is 36.5. The predicted molar refractivity (Wildman–Crippen MR) is 65.1 cm³/mol. The number of hydrogen-bond donors (Lipinski definition) is 1. The highest BCUT2D eigenvalue weighted by molar-refractivity contribution is 5.17. The molecule has 0 aliphatic rings. The van der Waals surface area contributed by atoms with Crippen LogP contribution in [0.1, 0.15) is 19.4 Å². The third-order valence-corrected chi connectivity index (χ3v) is 2.27. The Morgan fingerprint density at radius 1 is 1.06 bits per heavy atom. The zero-order valence-electron chi connectivity index (χ0n) is 10.7. The Hall–Kier alpha value is -1.04. The fourth-order valence-electron chi connectivity index (χ4n) is 1.59. The summed E-state index contributed by atoms with van der Waals surface area (Å²) in [5.41, 5.74) is 0.555. The van der Waals surface area contributed by atoms with Gasteiger partial charge in [-0.1, -0.05) is 0 Å². The molecule has 0 amide bonds. The highest BCUT2D eigenvalue weighted by atomic mass is 19.1. The molecule has 0 heterocycles. The molecule has 0 aliphatic heterocycles. The molecule has 0 bridgehead atoms. The van der Waals surface area contributed by atoms with Crippen molar-refractivity contribution in [3.8, 4) is 0 Å². The van der Waals surface area contributed by atoms with Gasteiger partial charge >= 0.3 is 0 Å². The topological polar surface area (TPSA) is 30.5 Å². The first-order valence-corrected chi connectivity index (χ1v) is 6.04. The van der Waals surface area contributed by atoms with Gasteiger partial charge in [-0.3, -0.25) is 0 Å². The molecular formula is C13H19F2NO2. The minimum atomic E-state index is -0.571. The van der Waals surface area contributed by atoms with Crippen LogP contribution < -0.4 is 5.32 Å². The Morgan fingerprint density at radius 3 is 2.11 bits per heavy atom. The van der Waals surface area contributed by atoms with Gasteiger partial charge < -0.3 is 14.8 Å². The fraction of sp³-hybridized carbons (Fsp3) is 0.538. The summed E-state index contributed by atoms with van der Waals surface area (Å²) in [6.07, 6.45) is -0.335. The smallest absolute Gasteiger partial charge is 0.169 e. The zero-order valence-corrected chi connectivity index (χ0v) is 10.7. The molecule has 18 heavy (non-hydrogen) atoms. The summed E-state index contributed by atoms with van der Waals surface area (Å²) >= 11 is 0.